The van der Waals surface area contributed by atoms with Crippen molar-refractivity contribution >= 4 is 38.2 Å². The van der Waals surface area contributed by atoms with E-state index in [4.69, 9.17) is 0 Å². The molecule has 46 heavy (non-hydrogen) atoms. The molecule has 0 saturated carbocycles. The number of fused-ring (bicyclic) bond motifs is 3. The van der Waals surface area contributed by atoms with Crippen molar-refractivity contribution in [3.8, 4) is 17.3 Å². The van der Waals surface area contributed by atoms with Gasteiger partial charge in [-0.2, -0.15) is 5.26 Å². The van der Waals surface area contributed by atoms with Crippen LogP contribution in [0.3, 0.4) is 0 Å². The van der Waals surface area contributed by atoms with Crippen LogP contribution in [0.15, 0.2) is 78.8 Å². The van der Waals surface area contributed by atoms with E-state index in [0.717, 1.165) is 58.5 Å². The van der Waals surface area contributed by atoms with Gasteiger partial charge in [-0.05, 0) is 41.9 Å². The first-order chi connectivity index (χ1) is 21.6. The Hall–Kier alpha value is -3.91. The maximum Gasteiger partial charge on any atom is 0.162 e. The number of carbonyl (C=O) groups is 1. The normalized spacial score (nSPS) is 11.8. The van der Waals surface area contributed by atoms with Gasteiger partial charge in [0.25, 0.3) is 0 Å². The van der Waals surface area contributed by atoms with Gasteiger partial charge in [0, 0.05) is 49.1 Å². The van der Waals surface area contributed by atoms with Gasteiger partial charge in [-0.25, -0.2) is 4.98 Å². The maximum atomic E-state index is 11.7. The van der Waals surface area contributed by atoms with E-state index >= 15 is 0 Å². The number of aliphatic hydroxyl groups is 1. The van der Waals surface area contributed by atoms with Gasteiger partial charge in [-0.15, -0.1) is 29.1 Å². The van der Waals surface area contributed by atoms with Crippen LogP contribution in [0.25, 0.3) is 43.7 Å². The molecule has 0 amide bonds. The van der Waals surface area contributed by atoms with Gasteiger partial charge < -0.3 is 5.11 Å². The Morgan fingerprint density at radius 2 is 1.50 bits per heavy atom. The van der Waals surface area contributed by atoms with Crippen molar-refractivity contribution in [1.82, 2.24) is 9.97 Å². The molecule has 1 aromatic heterocycles. The Kier molecular flexibility index (Phi) is 12.8. The van der Waals surface area contributed by atoms with Crippen molar-refractivity contribution in [2.24, 2.45) is 11.8 Å². The fourth-order valence-corrected chi connectivity index (χ4v) is 5.95. The predicted octanol–water partition coefficient (Wildman–Crippen LogP) is 10.4. The number of hydrogen-bond donors (Lipinski definition) is 1. The van der Waals surface area contributed by atoms with Crippen LogP contribution in [0.1, 0.15) is 85.3 Å². The predicted molar refractivity (Wildman–Crippen MR) is 186 cm³/mol. The summed E-state index contributed by atoms with van der Waals surface area (Å²) in [6, 6.07) is 26.5. The van der Waals surface area contributed by atoms with E-state index in [1.165, 1.54) is 17.0 Å². The molecule has 241 valence electrons. The molecule has 5 rings (SSSR count). The molecule has 6 heteroatoms. The van der Waals surface area contributed by atoms with Crippen molar-refractivity contribution in [2.45, 2.75) is 79.6 Å². The smallest absolute Gasteiger partial charge is 0.162 e. The van der Waals surface area contributed by atoms with Gasteiger partial charge in [0.1, 0.15) is 12.4 Å². The third-order valence-corrected chi connectivity index (χ3v) is 8.68. The van der Waals surface area contributed by atoms with Crippen molar-refractivity contribution in [3.63, 3.8) is 0 Å². The van der Waals surface area contributed by atoms with Crippen LogP contribution < -0.4 is 0 Å². The SMILES string of the molecule is CC(C)(C)c1cc(-c2ncnc3c(C#N)c4ccccc4cc23)[c-]c2ccccc12.CCC(CC)C(=O)/C=C(\O)C(CC)CC.[Ir]. The van der Waals surface area contributed by atoms with Crippen LogP contribution in [0.4, 0.5) is 0 Å². The summed E-state index contributed by atoms with van der Waals surface area (Å²) >= 11 is 0. The zero-order chi connectivity index (χ0) is 32.7. The fourth-order valence-electron chi connectivity index (χ4n) is 5.95. The Balaban J connectivity index is 0.000000309. The Bertz CT molecular complexity index is 1890. The number of nitriles is 1. The van der Waals surface area contributed by atoms with E-state index in [-0.39, 0.29) is 48.9 Å². The standard InChI is InChI=1S/C27H20N3.C13H24O2.Ir/c1-27(2,3)24-14-19(12-17-8-5-7-11-21(17)24)25-22-13-18-9-4-6-10-20(18)23(15-28)26(22)30-16-29-25;1-5-10(6-2)12(14)9-13(15)11(7-3)8-4;/h4-11,13-14,16H,1-3H3;9-11,14H,5-8H2,1-4H3;/q-1;;/b;12-9-;. The van der Waals surface area contributed by atoms with Gasteiger partial charge in [0.15, 0.2) is 5.78 Å². The summed E-state index contributed by atoms with van der Waals surface area (Å²) in [5.74, 6) is 0.547. The quantitative estimate of drug-likeness (QED) is 0.0732. The first kappa shape index (κ1) is 36.6. The number of carbonyl (C=O) groups excluding carboxylic acids is 1. The van der Waals surface area contributed by atoms with E-state index in [1.54, 1.807) is 6.33 Å². The largest absolute Gasteiger partial charge is 0.512 e. The Labute approximate surface area is 287 Å². The second-order valence-electron chi connectivity index (χ2n) is 12.6. The molecule has 1 radical (unpaired) electrons. The number of ketones is 1. The minimum Gasteiger partial charge on any atom is -0.512 e. The summed E-state index contributed by atoms with van der Waals surface area (Å²) in [4.78, 5) is 20.8. The van der Waals surface area contributed by atoms with E-state index in [0.29, 0.717) is 11.1 Å². The first-order valence-electron chi connectivity index (χ1n) is 16.0. The Morgan fingerprint density at radius 1 is 0.891 bits per heavy atom. The average Bonchev–Trinajstić information content (AvgIpc) is 3.03. The first-order valence-corrected chi connectivity index (χ1v) is 16.0. The average molecular weight is 791 g/mol. The minimum atomic E-state index is -0.0310. The van der Waals surface area contributed by atoms with Crippen LogP contribution in [-0.2, 0) is 30.3 Å². The molecule has 0 aliphatic rings. The van der Waals surface area contributed by atoms with Gasteiger partial charge >= 0.3 is 0 Å². The molecule has 5 aromatic rings. The number of benzene rings is 4. The van der Waals surface area contributed by atoms with E-state index < -0.39 is 0 Å². The fraction of sp³-hybridized carbons (Fsp3) is 0.350. The van der Waals surface area contributed by atoms with Crippen molar-refractivity contribution in [3.05, 3.63) is 96.0 Å². The zero-order valence-electron chi connectivity index (χ0n) is 27.9. The molecular formula is C40H44IrN3O2-. The van der Waals surface area contributed by atoms with Crippen molar-refractivity contribution < 1.29 is 30.0 Å². The molecule has 1 heterocycles. The molecular weight excluding hydrogens is 747 g/mol. The van der Waals surface area contributed by atoms with Crippen LogP contribution in [-0.4, -0.2) is 20.9 Å². The van der Waals surface area contributed by atoms with Crippen LogP contribution in [0.5, 0.6) is 0 Å². The number of aromatic nitrogens is 2. The third kappa shape index (κ3) is 7.89. The van der Waals surface area contributed by atoms with Crippen molar-refractivity contribution in [1.29, 1.82) is 5.26 Å². The minimum absolute atomic E-state index is 0. The molecule has 0 fully saturated rings. The summed E-state index contributed by atoms with van der Waals surface area (Å²) in [6.07, 6.45) is 6.45. The van der Waals surface area contributed by atoms with Crippen molar-refractivity contribution in [2.75, 3.05) is 0 Å². The van der Waals surface area contributed by atoms with Gasteiger partial charge in [-0.3, -0.25) is 9.78 Å². The molecule has 0 saturated heterocycles. The molecule has 4 aromatic carbocycles. The third-order valence-electron chi connectivity index (χ3n) is 8.68. The number of aliphatic hydroxyl groups excluding tert-OH is 1. The number of hydrogen-bond acceptors (Lipinski definition) is 5. The van der Waals surface area contributed by atoms with Crippen LogP contribution in [0, 0.1) is 29.2 Å². The topological polar surface area (TPSA) is 86.9 Å². The summed E-state index contributed by atoms with van der Waals surface area (Å²) < 4.78 is 0. The summed E-state index contributed by atoms with van der Waals surface area (Å²) in [6.45, 7) is 14.7. The molecule has 5 nitrogen and oxygen atoms in total. The maximum absolute atomic E-state index is 11.7. The van der Waals surface area contributed by atoms with E-state index in [2.05, 4.69) is 73.2 Å². The molecule has 0 spiro atoms. The monoisotopic (exact) mass is 791 g/mol. The van der Waals surface area contributed by atoms with Gasteiger partial charge in [0.05, 0.1) is 16.8 Å². The number of allylic oxidation sites excluding steroid dienone is 2. The summed E-state index contributed by atoms with van der Waals surface area (Å²) in [5, 5.41) is 24.7. The van der Waals surface area contributed by atoms with Crippen LogP contribution >= 0.6 is 0 Å². The molecule has 0 bridgehead atoms. The summed E-state index contributed by atoms with van der Waals surface area (Å²) in [7, 11) is 0. The number of nitrogens with zero attached hydrogens (tertiary/aromatic N) is 3. The number of rotatable bonds is 8. The molecule has 0 aliphatic carbocycles. The summed E-state index contributed by atoms with van der Waals surface area (Å²) in [5.41, 5.74) is 4.21. The van der Waals surface area contributed by atoms with E-state index in [9.17, 15) is 15.2 Å². The van der Waals surface area contributed by atoms with Gasteiger partial charge in [-0.1, -0.05) is 108 Å². The van der Waals surface area contributed by atoms with E-state index in [1.807, 2.05) is 58.0 Å². The molecule has 0 atom stereocenters. The molecule has 1 N–H and O–H groups in total. The zero-order valence-corrected chi connectivity index (χ0v) is 30.3. The second kappa shape index (κ2) is 16.1. The molecule has 0 unspecified atom stereocenters. The van der Waals surface area contributed by atoms with Gasteiger partial charge in [0.2, 0.25) is 0 Å². The Morgan fingerprint density at radius 3 is 2.11 bits per heavy atom. The molecule has 0 aliphatic heterocycles. The van der Waals surface area contributed by atoms with Crippen LogP contribution in [0.2, 0.25) is 0 Å². The second-order valence-corrected chi connectivity index (χ2v) is 12.6.